The highest BCUT2D eigenvalue weighted by Crippen LogP contribution is 2.17. The van der Waals surface area contributed by atoms with E-state index in [0.29, 0.717) is 0 Å². The fourth-order valence-electron chi connectivity index (χ4n) is 1.36. The van der Waals surface area contributed by atoms with Gasteiger partial charge in [-0.3, -0.25) is 4.79 Å². The number of aliphatic hydroxyl groups is 1. The van der Waals surface area contributed by atoms with Crippen molar-refractivity contribution in [1.82, 2.24) is 5.32 Å². The van der Waals surface area contributed by atoms with Gasteiger partial charge in [-0.05, 0) is 24.6 Å². The number of amides is 1. The minimum absolute atomic E-state index is 0.240. The SMILES string of the molecule is COC(=O)C(CO)NC(=O)c1ccc(C)cc1Cl. The maximum atomic E-state index is 11.9. The summed E-state index contributed by atoms with van der Waals surface area (Å²) in [5.41, 5.74) is 1.16. The number of methoxy groups -OCH3 is 1. The normalized spacial score (nSPS) is 11.8. The molecule has 1 unspecified atom stereocenters. The first-order chi connectivity index (χ1) is 8.49. The van der Waals surface area contributed by atoms with E-state index in [1.807, 2.05) is 6.92 Å². The molecule has 0 aliphatic heterocycles. The van der Waals surface area contributed by atoms with Crippen LogP contribution in [0.5, 0.6) is 0 Å². The molecule has 0 saturated heterocycles. The van der Waals surface area contributed by atoms with E-state index in [4.69, 9.17) is 16.7 Å². The third-order valence-corrected chi connectivity index (χ3v) is 2.66. The van der Waals surface area contributed by atoms with Crippen LogP contribution in [0.1, 0.15) is 15.9 Å². The quantitative estimate of drug-likeness (QED) is 0.798. The minimum atomic E-state index is -1.10. The molecule has 0 heterocycles. The van der Waals surface area contributed by atoms with Crippen molar-refractivity contribution < 1.29 is 19.4 Å². The second-order valence-corrected chi connectivity index (χ2v) is 4.12. The average molecular weight is 272 g/mol. The maximum absolute atomic E-state index is 11.9. The van der Waals surface area contributed by atoms with Gasteiger partial charge in [0.25, 0.3) is 5.91 Å². The third-order valence-electron chi connectivity index (χ3n) is 2.34. The zero-order valence-corrected chi connectivity index (χ0v) is 10.8. The van der Waals surface area contributed by atoms with Crippen molar-refractivity contribution in [3.63, 3.8) is 0 Å². The van der Waals surface area contributed by atoms with Crippen molar-refractivity contribution in [3.8, 4) is 0 Å². The van der Waals surface area contributed by atoms with Crippen LogP contribution in [-0.4, -0.2) is 36.7 Å². The predicted octanol–water partition coefficient (Wildman–Crippen LogP) is 0.912. The fourth-order valence-corrected chi connectivity index (χ4v) is 1.68. The molecule has 0 saturated carbocycles. The molecule has 0 aliphatic rings. The summed E-state index contributed by atoms with van der Waals surface area (Å²) in [5, 5.41) is 11.6. The van der Waals surface area contributed by atoms with Gasteiger partial charge in [-0.15, -0.1) is 0 Å². The molecule has 1 atom stereocenters. The van der Waals surface area contributed by atoms with Crippen molar-refractivity contribution in [2.75, 3.05) is 13.7 Å². The standard InChI is InChI=1S/C12H14ClNO4/c1-7-3-4-8(9(13)5-7)11(16)14-10(6-15)12(17)18-2/h3-5,10,15H,6H2,1-2H3,(H,14,16). The van der Waals surface area contributed by atoms with Crippen molar-refractivity contribution in [2.24, 2.45) is 0 Å². The van der Waals surface area contributed by atoms with E-state index in [9.17, 15) is 9.59 Å². The Bertz CT molecular complexity index is 461. The largest absolute Gasteiger partial charge is 0.467 e. The van der Waals surface area contributed by atoms with Gasteiger partial charge in [0.1, 0.15) is 0 Å². The molecular formula is C12H14ClNO4. The van der Waals surface area contributed by atoms with E-state index < -0.39 is 24.5 Å². The number of nitrogens with one attached hydrogen (secondary N) is 1. The lowest BCUT2D eigenvalue weighted by Gasteiger charge is -2.14. The Kier molecular flexibility index (Phi) is 5.12. The van der Waals surface area contributed by atoms with Gasteiger partial charge >= 0.3 is 5.97 Å². The molecule has 0 radical (unpaired) electrons. The number of hydrogen-bond acceptors (Lipinski definition) is 4. The van der Waals surface area contributed by atoms with E-state index >= 15 is 0 Å². The molecule has 0 aliphatic carbocycles. The lowest BCUT2D eigenvalue weighted by Crippen LogP contribution is -2.44. The molecule has 98 valence electrons. The Hall–Kier alpha value is -1.59. The van der Waals surface area contributed by atoms with Gasteiger partial charge in [-0.25, -0.2) is 4.79 Å². The summed E-state index contributed by atoms with van der Waals surface area (Å²) in [6, 6.07) is 3.83. The lowest BCUT2D eigenvalue weighted by molar-refractivity contribution is -0.143. The molecule has 1 rings (SSSR count). The molecule has 1 aromatic rings. The number of rotatable bonds is 4. The van der Waals surface area contributed by atoms with Crippen molar-refractivity contribution in [2.45, 2.75) is 13.0 Å². The van der Waals surface area contributed by atoms with Gasteiger partial charge < -0.3 is 15.2 Å². The number of aliphatic hydroxyl groups excluding tert-OH is 1. The smallest absolute Gasteiger partial charge is 0.330 e. The fraction of sp³-hybridized carbons (Fsp3) is 0.333. The van der Waals surface area contributed by atoms with Crippen LogP contribution in [0.2, 0.25) is 5.02 Å². The predicted molar refractivity (Wildman–Crippen MR) is 66.5 cm³/mol. The summed E-state index contributed by atoms with van der Waals surface area (Å²) in [4.78, 5) is 23.1. The molecule has 1 amide bonds. The number of aryl methyl sites for hydroxylation is 1. The molecular weight excluding hydrogens is 258 g/mol. The van der Waals surface area contributed by atoms with Gasteiger partial charge in [0.2, 0.25) is 0 Å². The summed E-state index contributed by atoms with van der Waals surface area (Å²) >= 11 is 5.92. The Labute approximate surface area is 110 Å². The maximum Gasteiger partial charge on any atom is 0.330 e. The monoisotopic (exact) mass is 271 g/mol. The van der Waals surface area contributed by atoms with Crippen molar-refractivity contribution in [1.29, 1.82) is 0 Å². The Balaban J connectivity index is 2.84. The van der Waals surface area contributed by atoms with Crippen LogP contribution in [0.3, 0.4) is 0 Å². The summed E-state index contributed by atoms with van der Waals surface area (Å²) in [5.74, 6) is -1.25. The summed E-state index contributed by atoms with van der Waals surface area (Å²) in [6.07, 6.45) is 0. The van der Waals surface area contributed by atoms with E-state index in [0.717, 1.165) is 5.56 Å². The summed E-state index contributed by atoms with van der Waals surface area (Å²) in [6.45, 7) is 1.31. The van der Waals surface area contributed by atoms with Crippen molar-refractivity contribution in [3.05, 3.63) is 34.3 Å². The number of carbonyl (C=O) groups excluding carboxylic acids is 2. The van der Waals surface area contributed by atoms with Crippen molar-refractivity contribution >= 4 is 23.5 Å². The highest BCUT2D eigenvalue weighted by molar-refractivity contribution is 6.33. The van der Waals surface area contributed by atoms with Crippen LogP contribution in [0.25, 0.3) is 0 Å². The first kappa shape index (κ1) is 14.5. The first-order valence-corrected chi connectivity index (χ1v) is 5.63. The Morgan fingerprint density at radius 1 is 1.50 bits per heavy atom. The molecule has 0 fully saturated rings. The highest BCUT2D eigenvalue weighted by atomic mass is 35.5. The summed E-state index contributed by atoms with van der Waals surface area (Å²) < 4.78 is 4.44. The first-order valence-electron chi connectivity index (χ1n) is 5.25. The van der Waals surface area contributed by atoms with E-state index in [2.05, 4.69) is 10.1 Å². The number of halogens is 1. The molecule has 6 heteroatoms. The molecule has 0 aromatic heterocycles. The molecule has 2 N–H and O–H groups in total. The number of carbonyl (C=O) groups is 2. The molecule has 18 heavy (non-hydrogen) atoms. The Morgan fingerprint density at radius 2 is 2.17 bits per heavy atom. The zero-order chi connectivity index (χ0) is 13.7. The van der Waals surface area contributed by atoms with E-state index in [1.54, 1.807) is 18.2 Å². The zero-order valence-electron chi connectivity index (χ0n) is 10.1. The summed E-state index contributed by atoms with van der Waals surface area (Å²) in [7, 11) is 1.18. The molecule has 5 nitrogen and oxygen atoms in total. The van der Waals surface area contributed by atoms with E-state index in [-0.39, 0.29) is 10.6 Å². The molecule has 0 spiro atoms. The van der Waals surface area contributed by atoms with E-state index in [1.165, 1.54) is 7.11 Å². The van der Waals surface area contributed by atoms with Crippen LogP contribution in [-0.2, 0) is 9.53 Å². The van der Waals surface area contributed by atoms with Crippen LogP contribution in [0, 0.1) is 6.92 Å². The minimum Gasteiger partial charge on any atom is -0.467 e. The highest BCUT2D eigenvalue weighted by Gasteiger charge is 2.22. The topological polar surface area (TPSA) is 75.6 Å². The van der Waals surface area contributed by atoms with Gasteiger partial charge in [0.15, 0.2) is 6.04 Å². The average Bonchev–Trinajstić information content (AvgIpc) is 2.34. The number of ether oxygens (including phenoxy) is 1. The van der Waals surface area contributed by atoms with Gasteiger partial charge in [0.05, 0.1) is 24.3 Å². The van der Waals surface area contributed by atoms with Crippen LogP contribution < -0.4 is 5.32 Å². The molecule has 0 bridgehead atoms. The second kappa shape index (κ2) is 6.37. The number of benzene rings is 1. The number of esters is 1. The number of hydrogen-bond donors (Lipinski definition) is 2. The Morgan fingerprint density at radius 3 is 2.67 bits per heavy atom. The van der Waals surface area contributed by atoms with Crippen LogP contribution >= 0.6 is 11.6 Å². The van der Waals surface area contributed by atoms with Gasteiger partial charge in [-0.1, -0.05) is 17.7 Å². The second-order valence-electron chi connectivity index (χ2n) is 3.72. The van der Waals surface area contributed by atoms with Gasteiger partial charge in [-0.2, -0.15) is 0 Å². The third kappa shape index (κ3) is 3.45. The van der Waals surface area contributed by atoms with Gasteiger partial charge in [0, 0.05) is 0 Å². The van der Waals surface area contributed by atoms with Crippen LogP contribution in [0.15, 0.2) is 18.2 Å². The van der Waals surface area contributed by atoms with Crippen LogP contribution in [0.4, 0.5) is 0 Å². The molecule has 1 aromatic carbocycles. The lowest BCUT2D eigenvalue weighted by atomic mass is 10.1.